The van der Waals surface area contributed by atoms with Gasteiger partial charge in [0.25, 0.3) is 0 Å². The first-order valence-electron chi connectivity index (χ1n) is 4.36. The molecule has 0 rings (SSSR count). The Morgan fingerprint density at radius 2 is 1.57 bits per heavy atom. The third-order valence-corrected chi connectivity index (χ3v) is 1.84. The van der Waals surface area contributed by atoms with Crippen molar-refractivity contribution in [2.75, 3.05) is 6.61 Å². The second-order valence-corrected chi connectivity index (χ2v) is 4.12. The monoisotopic (exact) mass is 208 g/mol. The number of carbonyl (C=O) groups is 1. The number of hydrogen-bond donors (Lipinski definition) is 4. The van der Waals surface area contributed by atoms with Crippen LogP contribution in [0.25, 0.3) is 0 Å². The molecule has 0 aliphatic heterocycles. The summed E-state index contributed by atoms with van der Waals surface area (Å²) >= 11 is 0. The largest absolute Gasteiger partial charge is 0.503 e. The van der Waals surface area contributed by atoms with E-state index in [1.807, 2.05) is 27.7 Å². The highest BCUT2D eigenvalue weighted by Crippen LogP contribution is 2.24. The Balaban J connectivity index is 0. The maximum Gasteiger partial charge on any atom is 0.503 e. The van der Waals surface area contributed by atoms with Crippen molar-refractivity contribution in [1.82, 2.24) is 0 Å². The summed E-state index contributed by atoms with van der Waals surface area (Å²) in [5.41, 5.74) is -0.367. The van der Waals surface area contributed by atoms with Crippen LogP contribution in [0.1, 0.15) is 27.7 Å². The van der Waals surface area contributed by atoms with Gasteiger partial charge in [-0.15, -0.1) is 0 Å². The average molecular weight is 208 g/mol. The molecule has 86 valence electrons. The summed E-state index contributed by atoms with van der Waals surface area (Å²) in [6, 6.07) is 0. The van der Waals surface area contributed by atoms with Gasteiger partial charge in [-0.3, -0.25) is 0 Å². The van der Waals surface area contributed by atoms with Crippen LogP contribution in [-0.4, -0.2) is 39.3 Å². The second kappa shape index (κ2) is 6.62. The molecule has 0 aromatic rings. The minimum absolute atomic E-state index is 0.0341. The number of rotatable bonds is 3. The normalized spacial score (nSPS) is 13.1. The Morgan fingerprint density at radius 3 is 1.64 bits per heavy atom. The van der Waals surface area contributed by atoms with Gasteiger partial charge in [0.1, 0.15) is 0 Å². The molecule has 0 saturated carbocycles. The lowest BCUT2D eigenvalue weighted by atomic mass is 9.82. The SMILES string of the molecule is CC(C)C(O)C(C)(C)CO.O=C(O)O. The minimum atomic E-state index is -1.83. The Bertz CT molecular complexity index is 161. The molecule has 0 saturated heterocycles. The van der Waals surface area contributed by atoms with Crippen molar-refractivity contribution in [3.63, 3.8) is 0 Å². The molecular weight excluding hydrogens is 188 g/mol. The molecule has 0 fully saturated rings. The number of aliphatic hydroxyl groups is 2. The van der Waals surface area contributed by atoms with Gasteiger partial charge in [0.05, 0.1) is 12.7 Å². The standard InChI is InChI=1S/C8H18O2.CH2O3/c1-6(2)7(10)8(3,4)5-9;2-1(3)4/h6-7,9-10H,5H2,1-4H3;(H2,2,3,4). The first-order valence-corrected chi connectivity index (χ1v) is 4.36. The molecule has 0 aliphatic rings. The molecule has 1 unspecified atom stereocenters. The first kappa shape index (κ1) is 15.7. The molecule has 4 N–H and O–H groups in total. The third-order valence-electron chi connectivity index (χ3n) is 1.84. The number of aliphatic hydroxyl groups excluding tert-OH is 2. The van der Waals surface area contributed by atoms with E-state index in [2.05, 4.69) is 0 Å². The molecule has 0 radical (unpaired) electrons. The highest BCUT2D eigenvalue weighted by Gasteiger charge is 2.28. The van der Waals surface area contributed by atoms with Crippen LogP contribution in [0.4, 0.5) is 4.79 Å². The van der Waals surface area contributed by atoms with E-state index < -0.39 is 12.3 Å². The average Bonchev–Trinajstić information content (AvgIpc) is 2.02. The quantitative estimate of drug-likeness (QED) is 0.559. The zero-order chi connectivity index (χ0) is 11.9. The summed E-state index contributed by atoms with van der Waals surface area (Å²) in [5, 5.41) is 32.3. The second-order valence-electron chi connectivity index (χ2n) is 4.12. The molecule has 0 heterocycles. The summed E-state index contributed by atoms with van der Waals surface area (Å²) < 4.78 is 0. The van der Waals surface area contributed by atoms with Crippen LogP contribution in [-0.2, 0) is 0 Å². The predicted molar refractivity (Wildman–Crippen MR) is 52.4 cm³/mol. The fourth-order valence-corrected chi connectivity index (χ4v) is 0.996. The van der Waals surface area contributed by atoms with Gasteiger partial charge in [-0.2, -0.15) is 0 Å². The lowest BCUT2D eigenvalue weighted by Gasteiger charge is -2.30. The highest BCUT2D eigenvalue weighted by atomic mass is 16.6. The smallest absolute Gasteiger partial charge is 0.450 e. The number of carboxylic acid groups (broad SMARTS) is 2. The zero-order valence-electron chi connectivity index (χ0n) is 9.06. The van der Waals surface area contributed by atoms with E-state index in [0.29, 0.717) is 0 Å². The van der Waals surface area contributed by atoms with Crippen LogP contribution in [0.5, 0.6) is 0 Å². The summed E-state index contributed by atoms with van der Waals surface area (Å²) in [6.45, 7) is 7.64. The maximum absolute atomic E-state index is 9.49. The molecule has 14 heavy (non-hydrogen) atoms. The summed E-state index contributed by atoms with van der Waals surface area (Å²) in [7, 11) is 0. The zero-order valence-corrected chi connectivity index (χ0v) is 9.06. The molecule has 0 aliphatic carbocycles. The van der Waals surface area contributed by atoms with Crippen LogP contribution in [0.3, 0.4) is 0 Å². The molecule has 0 aromatic heterocycles. The summed E-state index contributed by atoms with van der Waals surface area (Å²) in [6.07, 6.45) is -2.25. The van der Waals surface area contributed by atoms with E-state index in [4.69, 9.17) is 20.1 Å². The topological polar surface area (TPSA) is 98.0 Å². The molecule has 0 bridgehead atoms. The van der Waals surface area contributed by atoms with Crippen LogP contribution in [0.15, 0.2) is 0 Å². The fourth-order valence-electron chi connectivity index (χ4n) is 0.996. The molecule has 5 nitrogen and oxygen atoms in total. The van der Waals surface area contributed by atoms with Gasteiger partial charge < -0.3 is 20.4 Å². The van der Waals surface area contributed by atoms with Gasteiger partial charge in [0, 0.05) is 5.41 Å². The number of hydrogen-bond acceptors (Lipinski definition) is 3. The van der Waals surface area contributed by atoms with Crippen molar-refractivity contribution in [3.05, 3.63) is 0 Å². The van der Waals surface area contributed by atoms with Crippen LogP contribution in [0, 0.1) is 11.3 Å². The molecule has 0 spiro atoms. The fraction of sp³-hybridized carbons (Fsp3) is 0.889. The van der Waals surface area contributed by atoms with E-state index in [1.54, 1.807) is 0 Å². The summed E-state index contributed by atoms with van der Waals surface area (Å²) in [5.74, 6) is 0.210. The molecule has 1 atom stereocenters. The maximum atomic E-state index is 9.49. The van der Waals surface area contributed by atoms with Crippen molar-refractivity contribution in [1.29, 1.82) is 0 Å². The highest BCUT2D eigenvalue weighted by molar-refractivity contribution is 5.53. The van der Waals surface area contributed by atoms with Gasteiger partial charge in [0.15, 0.2) is 0 Å². The molecule has 5 heteroatoms. The Labute approximate surface area is 84.0 Å². The summed E-state index contributed by atoms with van der Waals surface area (Å²) in [4.78, 5) is 8.56. The van der Waals surface area contributed by atoms with E-state index in [-0.39, 0.29) is 17.9 Å². The first-order chi connectivity index (χ1) is 6.15. The van der Waals surface area contributed by atoms with E-state index >= 15 is 0 Å². The Kier molecular flexibility index (Phi) is 7.40. The molecular formula is C9H20O5. The van der Waals surface area contributed by atoms with Gasteiger partial charge in [0.2, 0.25) is 0 Å². The lowest BCUT2D eigenvalue weighted by molar-refractivity contribution is -0.0204. The van der Waals surface area contributed by atoms with E-state index in [1.165, 1.54) is 0 Å². The van der Waals surface area contributed by atoms with E-state index in [9.17, 15) is 5.11 Å². The molecule has 0 aromatic carbocycles. The van der Waals surface area contributed by atoms with Crippen LogP contribution < -0.4 is 0 Å². The predicted octanol–water partition coefficient (Wildman–Crippen LogP) is 1.24. The third kappa shape index (κ3) is 7.82. The Hall–Kier alpha value is -0.810. The molecule has 0 amide bonds. The van der Waals surface area contributed by atoms with E-state index in [0.717, 1.165) is 0 Å². The van der Waals surface area contributed by atoms with Crippen molar-refractivity contribution in [3.8, 4) is 0 Å². The van der Waals surface area contributed by atoms with Gasteiger partial charge in [-0.05, 0) is 5.92 Å². The Morgan fingerprint density at radius 1 is 1.29 bits per heavy atom. The lowest BCUT2D eigenvalue weighted by Crippen LogP contribution is -2.36. The minimum Gasteiger partial charge on any atom is -0.450 e. The van der Waals surface area contributed by atoms with Gasteiger partial charge in [-0.25, -0.2) is 4.79 Å². The van der Waals surface area contributed by atoms with Crippen LogP contribution >= 0.6 is 0 Å². The van der Waals surface area contributed by atoms with Crippen LogP contribution in [0.2, 0.25) is 0 Å². The van der Waals surface area contributed by atoms with Gasteiger partial charge in [-0.1, -0.05) is 27.7 Å². The van der Waals surface area contributed by atoms with Crippen molar-refractivity contribution >= 4 is 6.16 Å². The van der Waals surface area contributed by atoms with Crippen molar-refractivity contribution in [2.45, 2.75) is 33.8 Å². The van der Waals surface area contributed by atoms with Crippen molar-refractivity contribution in [2.24, 2.45) is 11.3 Å². The van der Waals surface area contributed by atoms with Gasteiger partial charge >= 0.3 is 6.16 Å². The van der Waals surface area contributed by atoms with Crippen molar-refractivity contribution < 1.29 is 25.2 Å².